The molecule has 0 saturated heterocycles. The molecule has 4 nitrogen and oxygen atoms in total. The Morgan fingerprint density at radius 3 is 2.27 bits per heavy atom. The van der Waals surface area contributed by atoms with Crippen LogP contribution in [0.3, 0.4) is 0 Å². The number of H-pyrrole nitrogens is 1. The summed E-state index contributed by atoms with van der Waals surface area (Å²) in [7, 11) is 0. The third-order valence-electron chi connectivity index (χ3n) is 4.36. The smallest absolute Gasteiger partial charge is 0.251 e. The van der Waals surface area contributed by atoms with Crippen LogP contribution in [0.4, 0.5) is 0 Å². The van der Waals surface area contributed by atoms with Gasteiger partial charge in [-0.15, -0.1) is 0 Å². The summed E-state index contributed by atoms with van der Waals surface area (Å²) in [5.74, 6) is 0.659. The SMILES string of the molecule is O=C(N[C@@H](Cc1ccccc1)c1nc2ccccc2[nH]1)c1ccccc1. The molecule has 1 amide bonds. The Bertz CT molecular complexity index is 976. The van der Waals surface area contributed by atoms with Crippen molar-refractivity contribution in [2.45, 2.75) is 12.5 Å². The van der Waals surface area contributed by atoms with E-state index in [0.29, 0.717) is 12.0 Å². The van der Waals surface area contributed by atoms with Crippen molar-refractivity contribution in [1.29, 1.82) is 0 Å². The van der Waals surface area contributed by atoms with E-state index < -0.39 is 0 Å². The fourth-order valence-electron chi connectivity index (χ4n) is 3.03. The standard InChI is InChI=1S/C22H19N3O/c26-22(17-11-5-2-6-12-17)25-20(15-16-9-3-1-4-10-16)21-23-18-13-7-8-14-19(18)24-21/h1-14,20H,15H2,(H,23,24)(H,25,26)/t20-/m0/s1. The number of hydrogen-bond acceptors (Lipinski definition) is 2. The molecule has 0 fully saturated rings. The number of nitrogens with zero attached hydrogens (tertiary/aromatic N) is 1. The van der Waals surface area contributed by atoms with Crippen LogP contribution in [0, 0.1) is 0 Å². The van der Waals surface area contributed by atoms with E-state index in [0.717, 1.165) is 22.4 Å². The molecule has 1 aromatic heterocycles. The molecular weight excluding hydrogens is 322 g/mol. The number of amides is 1. The van der Waals surface area contributed by atoms with Gasteiger partial charge in [0, 0.05) is 5.56 Å². The highest BCUT2D eigenvalue weighted by Crippen LogP contribution is 2.20. The quantitative estimate of drug-likeness (QED) is 0.569. The van der Waals surface area contributed by atoms with Crippen LogP contribution in [0.2, 0.25) is 0 Å². The molecule has 0 aliphatic rings. The Morgan fingerprint density at radius 1 is 0.885 bits per heavy atom. The van der Waals surface area contributed by atoms with E-state index in [1.54, 1.807) is 0 Å². The van der Waals surface area contributed by atoms with Gasteiger partial charge in [0.2, 0.25) is 0 Å². The minimum absolute atomic E-state index is 0.105. The summed E-state index contributed by atoms with van der Waals surface area (Å²) in [6.45, 7) is 0. The van der Waals surface area contributed by atoms with Gasteiger partial charge in [-0.25, -0.2) is 4.98 Å². The first kappa shape index (κ1) is 16.1. The van der Waals surface area contributed by atoms with Crippen molar-refractivity contribution >= 4 is 16.9 Å². The van der Waals surface area contributed by atoms with Crippen LogP contribution >= 0.6 is 0 Å². The zero-order chi connectivity index (χ0) is 17.8. The molecule has 0 spiro atoms. The molecule has 4 aromatic rings. The zero-order valence-electron chi connectivity index (χ0n) is 14.2. The van der Waals surface area contributed by atoms with Gasteiger partial charge in [0.25, 0.3) is 5.91 Å². The summed E-state index contributed by atoms with van der Waals surface area (Å²) in [4.78, 5) is 20.7. The Labute approximate surface area is 151 Å². The summed E-state index contributed by atoms with van der Waals surface area (Å²) in [6.07, 6.45) is 0.666. The number of hydrogen-bond donors (Lipinski definition) is 2. The molecule has 26 heavy (non-hydrogen) atoms. The first-order chi connectivity index (χ1) is 12.8. The third kappa shape index (κ3) is 3.49. The number of carbonyl (C=O) groups excluding carboxylic acids is 1. The van der Waals surface area contributed by atoms with Gasteiger partial charge in [0.15, 0.2) is 0 Å². The predicted octanol–water partition coefficient (Wildman–Crippen LogP) is 4.28. The van der Waals surface area contributed by atoms with Gasteiger partial charge < -0.3 is 10.3 Å². The highest BCUT2D eigenvalue weighted by molar-refractivity contribution is 5.94. The van der Waals surface area contributed by atoms with Gasteiger partial charge >= 0.3 is 0 Å². The molecule has 4 rings (SSSR count). The van der Waals surface area contributed by atoms with Crippen LogP contribution in [-0.4, -0.2) is 15.9 Å². The maximum absolute atomic E-state index is 12.7. The lowest BCUT2D eigenvalue weighted by molar-refractivity contribution is 0.0935. The Balaban J connectivity index is 1.65. The fourth-order valence-corrected chi connectivity index (χ4v) is 3.03. The average Bonchev–Trinajstić information content (AvgIpc) is 3.13. The van der Waals surface area contributed by atoms with Crippen molar-refractivity contribution in [2.75, 3.05) is 0 Å². The van der Waals surface area contributed by atoms with Crippen molar-refractivity contribution in [3.05, 3.63) is 102 Å². The molecular formula is C22H19N3O. The highest BCUT2D eigenvalue weighted by Gasteiger charge is 2.19. The molecule has 4 heteroatoms. The molecule has 1 atom stereocenters. The number of aromatic nitrogens is 2. The van der Waals surface area contributed by atoms with E-state index in [1.165, 1.54) is 0 Å². The van der Waals surface area contributed by atoms with E-state index in [2.05, 4.69) is 27.4 Å². The van der Waals surface area contributed by atoms with E-state index in [-0.39, 0.29) is 11.9 Å². The molecule has 3 aromatic carbocycles. The topological polar surface area (TPSA) is 57.8 Å². The monoisotopic (exact) mass is 341 g/mol. The number of aromatic amines is 1. The van der Waals surface area contributed by atoms with Crippen LogP contribution in [0.5, 0.6) is 0 Å². The van der Waals surface area contributed by atoms with E-state index >= 15 is 0 Å². The fraction of sp³-hybridized carbons (Fsp3) is 0.0909. The second-order valence-corrected chi connectivity index (χ2v) is 6.22. The maximum atomic E-state index is 12.7. The molecule has 0 aliphatic carbocycles. The lowest BCUT2D eigenvalue weighted by Crippen LogP contribution is -2.30. The van der Waals surface area contributed by atoms with Gasteiger partial charge in [-0.2, -0.15) is 0 Å². The van der Waals surface area contributed by atoms with Crippen LogP contribution in [0.1, 0.15) is 27.8 Å². The van der Waals surface area contributed by atoms with Gasteiger partial charge in [-0.3, -0.25) is 4.79 Å². The van der Waals surface area contributed by atoms with E-state index in [4.69, 9.17) is 0 Å². The number of para-hydroxylation sites is 2. The molecule has 128 valence electrons. The molecule has 0 bridgehead atoms. The van der Waals surface area contributed by atoms with Crippen molar-refractivity contribution < 1.29 is 4.79 Å². The van der Waals surface area contributed by atoms with Crippen LogP contribution in [0.25, 0.3) is 11.0 Å². The average molecular weight is 341 g/mol. The highest BCUT2D eigenvalue weighted by atomic mass is 16.1. The molecule has 2 N–H and O–H groups in total. The molecule has 0 aliphatic heterocycles. The number of fused-ring (bicyclic) bond motifs is 1. The lowest BCUT2D eigenvalue weighted by atomic mass is 10.0. The maximum Gasteiger partial charge on any atom is 0.251 e. The van der Waals surface area contributed by atoms with Gasteiger partial charge in [0.05, 0.1) is 17.1 Å². The normalized spacial score (nSPS) is 12.0. The summed E-state index contributed by atoms with van der Waals surface area (Å²) >= 11 is 0. The first-order valence-corrected chi connectivity index (χ1v) is 8.64. The van der Waals surface area contributed by atoms with Crippen molar-refractivity contribution in [3.8, 4) is 0 Å². The van der Waals surface area contributed by atoms with Gasteiger partial charge in [0.1, 0.15) is 5.82 Å². The number of imidazole rings is 1. The van der Waals surface area contributed by atoms with Crippen molar-refractivity contribution in [1.82, 2.24) is 15.3 Å². The summed E-state index contributed by atoms with van der Waals surface area (Å²) in [6, 6.07) is 27.0. The molecule has 0 unspecified atom stereocenters. The number of carbonyl (C=O) groups is 1. The molecule has 0 saturated carbocycles. The van der Waals surface area contributed by atoms with Gasteiger partial charge in [-0.05, 0) is 36.2 Å². The van der Waals surface area contributed by atoms with Crippen LogP contribution in [-0.2, 0) is 6.42 Å². The zero-order valence-corrected chi connectivity index (χ0v) is 14.2. The first-order valence-electron chi connectivity index (χ1n) is 8.64. The van der Waals surface area contributed by atoms with Gasteiger partial charge in [-0.1, -0.05) is 60.7 Å². The second kappa shape index (κ2) is 7.23. The predicted molar refractivity (Wildman–Crippen MR) is 103 cm³/mol. The number of benzene rings is 3. The van der Waals surface area contributed by atoms with Crippen LogP contribution < -0.4 is 5.32 Å². The number of nitrogens with one attached hydrogen (secondary N) is 2. The largest absolute Gasteiger partial charge is 0.342 e. The van der Waals surface area contributed by atoms with Crippen molar-refractivity contribution in [3.63, 3.8) is 0 Å². The Hall–Kier alpha value is -3.40. The Morgan fingerprint density at radius 2 is 1.54 bits per heavy atom. The summed E-state index contributed by atoms with van der Waals surface area (Å²) in [5, 5.41) is 3.13. The molecule has 0 radical (unpaired) electrons. The minimum Gasteiger partial charge on any atom is -0.342 e. The lowest BCUT2D eigenvalue weighted by Gasteiger charge is -2.17. The minimum atomic E-state index is -0.238. The third-order valence-corrected chi connectivity index (χ3v) is 4.36. The second-order valence-electron chi connectivity index (χ2n) is 6.22. The summed E-state index contributed by atoms with van der Waals surface area (Å²) < 4.78 is 0. The Kier molecular flexibility index (Phi) is 4.48. The van der Waals surface area contributed by atoms with Crippen molar-refractivity contribution in [2.24, 2.45) is 0 Å². The van der Waals surface area contributed by atoms with E-state index in [9.17, 15) is 4.79 Å². The summed E-state index contributed by atoms with van der Waals surface area (Å²) in [5.41, 5.74) is 3.65. The number of rotatable bonds is 5. The van der Waals surface area contributed by atoms with Crippen LogP contribution in [0.15, 0.2) is 84.9 Å². The molecule has 1 heterocycles. The van der Waals surface area contributed by atoms with E-state index in [1.807, 2.05) is 72.8 Å².